The van der Waals surface area contributed by atoms with Crippen LogP contribution >= 0.6 is 11.6 Å². The molecule has 10 heteroatoms. The van der Waals surface area contributed by atoms with Gasteiger partial charge in [-0.05, 0) is 48.4 Å². The minimum atomic E-state index is -1.16. The molecule has 2 fully saturated rings. The zero-order valence-electron chi connectivity index (χ0n) is 16.1. The molecule has 1 aliphatic carbocycles. The maximum absolute atomic E-state index is 12.7. The quantitative estimate of drug-likeness (QED) is 0.628. The lowest BCUT2D eigenvalue weighted by Crippen LogP contribution is -2.48. The predicted molar refractivity (Wildman–Crippen MR) is 104 cm³/mol. The number of amides is 2. The van der Waals surface area contributed by atoms with Gasteiger partial charge in [0.15, 0.2) is 0 Å². The van der Waals surface area contributed by atoms with E-state index in [0.717, 1.165) is 29.2 Å². The van der Waals surface area contributed by atoms with Crippen molar-refractivity contribution in [2.75, 3.05) is 6.61 Å². The Hall–Kier alpha value is -2.36. The summed E-state index contributed by atoms with van der Waals surface area (Å²) in [6.07, 6.45) is 3.22. The average Bonchev–Trinajstić information content (AvgIpc) is 3.17. The maximum Gasteiger partial charge on any atom is 0.275 e. The molecule has 2 amide bonds. The fourth-order valence-corrected chi connectivity index (χ4v) is 3.70. The van der Waals surface area contributed by atoms with E-state index in [0.29, 0.717) is 17.9 Å². The Kier molecular flexibility index (Phi) is 5.37. The van der Waals surface area contributed by atoms with Crippen LogP contribution in [0.4, 0.5) is 0 Å². The molecule has 1 aromatic carbocycles. The van der Waals surface area contributed by atoms with Crippen molar-refractivity contribution in [1.29, 1.82) is 0 Å². The number of hydrogen-bond donors (Lipinski definition) is 3. The van der Waals surface area contributed by atoms with Crippen LogP contribution < -0.4 is 5.32 Å². The maximum atomic E-state index is 12.7. The first-order chi connectivity index (χ1) is 13.9. The number of aliphatic hydroxyl groups excluding tert-OH is 1. The number of hydrogen-bond acceptors (Lipinski definition) is 5. The molecule has 0 bridgehead atoms. The van der Waals surface area contributed by atoms with Gasteiger partial charge in [0.05, 0.1) is 12.3 Å². The van der Waals surface area contributed by atoms with Gasteiger partial charge in [-0.3, -0.25) is 14.4 Å². The van der Waals surface area contributed by atoms with Crippen LogP contribution in [0.25, 0.3) is 5.69 Å². The molecule has 0 radical (unpaired) electrons. The lowest BCUT2D eigenvalue weighted by molar-refractivity contribution is -0.188. The first-order valence-corrected chi connectivity index (χ1v) is 10.0. The minimum Gasteiger partial charge on any atom is -0.383 e. The zero-order chi connectivity index (χ0) is 20.6. The standard InChI is InChI=1S/C19H24ClN5O4/c1-19(5-6-19)9-16(26)18(28)25-15(4-7-29-25)17(27)21-10-12-8-13(20)2-3-14(12)24-11-22-23-24/h2-3,8,11,15-16,23,26H,4-7,9-10H2,1H3,(H,21,27)/t15-,16+/m0/s1. The Morgan fingerprint density at radius 1 is 1.48 bits per heavy atom. The van der Waals surface area contributed by atoms with Gasteiger partial charge in [-0.2, -0.15) is 0 Å². The van der Waals surface area contributed by atoms with E-state index in [2.05, 4.69) is 15.6 Å². The summed E-state index contributed by atoms with van der Waals surface area (Å²) in [6.45, 7) is 2.52. The molecule has 2 aromatic rings. The number of rotatable bonds is 7. The first kappa shape index (κ1) is 19.9. The van der Waals surface area contributed by atoms with Crippen LogP contribution in [0.2, 0.25) is 5.02 Å². The number of H-pyrrole nitrogens is 1. The van der Waals surface area contributed by atoms with E-state index in [4.69, 9.17) is 16.4 Å². The van der Waals surface area contributed by atoms with E-state index >= 15 is 0 Å². The number of hydroxylamine groups is 2. The minimum absolute atomic E-state index is 0.0176. The highest BCUT2D eigenvalue weighted by atomic mass is 35.5. The van der Waals surface area contributed by atoms with Crippen LogP contribution in [-0.2, 0) is 21.0 Å². The molecule has 0 spiro atoms. The fourth-order valence-electron chi connectivity index (χ4n) is 3.51. The number of carbonyl (C=O) groups excluding carboxylic acids is 2. The van der Waals surface area contributed by atoms with Gasteiger partial charge in [0.2, 0.25) is 5.91 Å². The number of halogens is 1. The highest BCUT2D eigenvalue weighted by Crippen LogP contribution is 2.49. The number of aromatic amines is 1. The molecule has 1 aliphatic heterocycles. The Morgan fingerprint density at radius 3 is 2.90 bits per heavy atom. The summed E-state index contributed by atoms with van der Waals surface area (Å²) in [7, 11) is 0. The van der Waals surface area contributed by atoms with Crippen LogP contribution in [0.5, 0.6) is 0 Å². The van der Waals surface area contributed by atoms with Crippen LogP contribution in [0, 0.1) is 5.41 Å². The molecule has 156 valence electrons. The van der Waals surface area contributed by atoms with Crippen molar-refractivity contribution in [1.82, 2.24) is 25.4 Å². The number of aliphatic hydroxyl groups is 1. The van der Waals surface area contributed by atoms with Crippen molar-refractivity contribution in [3.05, 3.63) is 35.1 Å². The summed E-state index contributed by atoms with van der Waals surface area (Å²) in [5, 5.41) is 21.3. The molecule has 1 saturated heterocycles. The van der Waals surface area contributed by atoms with Gasteiger partial charge in [-0.25, -0.2) is 15.0 Å². The molecular weight excluding hydrogens is 398 g/mol. The molecule has 29 heavy (non-hydrogen) atoms. The normalized spacial score (nSPS) is 21.2. The summed E-state index contributed by atoms with van der Waals surface area (Å²) in [6, 6.07) is 4.57. The third-order valence-electron chi connectivity index (χ3n) is 5.59. The number of nitrogens with one attached hydrogen (secondary N) is 2. The summed E-state index contributed by atoms with van der Waals surface area (Å²) in [4.78, 5) is 30.7. The fraction of sp³-hybridized carbons (Fsp3) is 0.526. The van der Waals surface area contributed by atoms with Crippen molar-refractivity contribution in [2.45, 2.75) is 51.3 Å². The summed E-state index contributed by atoms with van der Waals surface area (Å²) in [5.41, 5.74) is 1.63. The van der Waals surface area contributed by atoms with E-state index in [1.807, 2.05) is 13.0 Å². The topological polar surface area (TPSA) is 112 Å². The van der Waals surface area contributed by atoms with Crippen LogP contribution in [0.1, 0.15) is 38.2 Å². The Bertz CT molecular complexity index is 897. The van der Waals surface area contributed by atoms with E-state index in [1.165, 1.54) is 0 Å². The number of carbonyl (C=O) groups is 2. The molecule has 1 saturated carbocycles. The molecule has 2 heterocycles. The Balaban J connectivity index is 1.39. The van der Waals surface area contributed by atoms with Gasteiger partial charge in [0.25, 0.3) is 5.91 Å². The van der Waals surface area contributed by atoms with Crippen molar-refractivity contribution in [2.24, 2.45) is 5.41 Å². The molecule has 2 atom stereocenters. The number of nitrogens with zero attached hydrogens (tertiary/aromatic N) is 3. The third kappa shape index (κ3) is 4.31. The van der Waals surface area contributed by atoms with Gasteiger partial charge >= 0.3 is 0 Å². The molecule has 4 rings (SSSR count). The second-order valence-corrected chi connectivity index (χ2v) is 8.47. The number of benzene rings is 1. The summed E-state index contributed by atoms with van der Waals surface area (Å²) in [5.74, 6) is -0.892. The van der Waals surface area contributed by atoms with Gasteiger partial charge in [0.1, 0.15) is 18.5 Å². The SMILES string of the molecule is CC1(C[C@@H](O)C(=O)N2OCC[C@H]2C(=O)NCc2cc(Cl)ccc2-n2cn[nH]2)CC1. The lowest BCUT2D eigenvalue weighted by atomic mass is 10.0. The van der Waals surface area contributed by atoms with Crippen molar-refractivity contribution in [3.63, 3.8) is 0 Å². The summed E-state index contributed by atoms with van der Waals surface area (Å²) >= 11 is 6.10. The van der Waals surface area contributed by atoms with Crippen molar-refractivity contribution in [3.8, 4) is 5.69 Å². The van der Waals surface area contributed by atoms with Gasteiger partial charge in [-0.1, -0.05) is 18.5 Å². The Morgan fingerprint density at radius 2 is 2.24 bits per heavy atom. The van der Waals surface area contributed by atoms with Crippen molar-refractivity contribution < 1.29 is 19.5 Å². The molecule has 3 N–H and O–H groups in total. The molecule has 0 unspecified atom stereocenters. The second-order valence-electron chi connectivity index (χ2n) is 8.04. The van der Waals surface area contributed by atoms with E-state index < -0.39 is 18.1 Å². The lowest BCUT2D eigenvalue weighted by Gasteiger charge is -2.25. The monoisotopic (exact) mass is 421 g/mol. The molecular formula is C19H24ClN5O4. The second kappa shape index (κ2) is 7.81. The summed E-state index contributed by atoms with van der Waals surface area (Å²) < 4.78 is 1.71. The van der Waals surface area contributed by atoms with E-state index in [1.54, 1.807) is 23.1 Å². The largest absolute Gasteiger partial charge is 0.383 e. The molecule has 9 nitrogen and oxygen atoms in total. The molecule has 1 aromatic heterocycles. The van der Waals surface area contributed by atoms with Gasteiger partial charge < -0.3 is 10.4 Å². The Labute approximate surface area is 172 Å². The van der Waals surface area contributed by atoms with E-state index in [9.17, 15) is 14.7 Å². The van der Waals surface area contributed by atoms with Crippen molar-refractivity contribution >= 4 is 23.4 Å². The van der Waals surface area contributed by atoms with Gasteiger partial charge in [-0.15, -0.1) is 5.10 Å². The zero-order valence-corrected chi connectivity index (χ0v) is 16.9. The van der Waals surface area contributed by atoms with Gasteiger partial charge in [0, 0.05) is 18.0 Å². The van der Waals surface area contributed by atoms with Crippen LogP contribution in [0.15, 0.2) is 24.5 Å². The predicted octanol–water partition coefficient (Wildman–Crippen LogP) is 1.55. The van der Waals surface area contributed by atoms with Crippen LogP contribution in [0.3, 0.4) is 0 Å². The number of aromatic nitrogens is 3. The van der Waals surface area contributed by atoms with Crippen LogP contribution in [-0.4, -0.2) is 55.7 Å². The highest BCUT2D eigenvalue weighted by molar-refractivity contribution is 6.30. The molecule has 2 aliphatic rings. The highest BCUT2D eigenvalue weighted by Gasteiger charge is 2.44. The van der Waals surface area contributed by atoms with E-state index in [-0.39, 0.29) is 24.5 Å². The average molecular weight is 422 g/mol. The first-order valence-electron chi connectivity index (χ1n) is 9.65. The third-order valence-corrected chi connectivity index (χ3v) is 5.83. The smallest absolute Gasteiger partial charge is 0.275 e.